The highest BCUT2D eigenvalue weighted by atomic mass is 16.5. The molecular formula is C17H21N5O2. The molecule has 1 aliphatic heterocycles. The fourth-order valence-corrected chi connectivity index (χ4v) is 3.06. The third-order valence-corrected chi connectivity index (χ3v) is 4.30. The summed E-state index contributed by atoms with van der Waals surface area (Å²) < 4.78 is 10.8. The minimum Gasteiger partial charge on any atom is -0.493 e. The number of fused-ring (bicyclic) bond motifs is 1. The Bertz CT molecular complexity index is 758. The molecule has 0 amide bonds. The van der Waals surface area contributed by atoms with Gasteiger partial charge in [0.2, 0.25) is 0 Å². The van der Waals surface area contributed by atoms with Gasteiger partial charge in [0.25, 0.3) is 0 Å². The Balaban J connectivity index is 1.96. The summed E-state index contributed by atoms with van der Waals surface area (Å²) in [6, 6.07) is 6.03. The molecule has 0 unspecified atom stereocenters. The summed E-state index contributed by atoms with van der Waals surface area (Å²) in [6.07, 6.45) is 2.59. The number of nitrogens with zero attached hydrogens (tertiary/aromatic N) is 5. The van der Waals surface area contributed by atoms with Crippen molar-refractivity contribution in [1.29, 1.82) is 5.26 Å². The molecule has 126 valence electrons. The highest BCUT2D eigenvalue weighted by molar-refractivity contribution is 5.92. The molecule has 24 heavy (non-hydrogen) atoms. The van der Waals surface area contributed by atoms with Crippen LogP contribution in [0.4, 0.5) is 5.82 Å². The van der Waals surface area contributed by atoms with Crippen LogP contribution in [-0.2, 0) is 0 Å². The number of hydrogen-bond acceptors (Lipinski definition) is 7. The van der Waals surface area contributed by atoms with E-state index in [4.69, 9.17) is 14.7 Å². The highest BCUT2D eigenvalue weighted by Gasteiger charge is 2.19. The number of ether oxygens (including phenoxy) is 2. The fraction of sp³-hybridized carbons (Fsp3) is 0.471. The Morgan fingerprint density at radius 1 is 1.08 bits per heavy atom. The molecule has 3 rings (SSSR count). The molecule has 0 N–H and O–H groups in total. The number of aromatic nitrogens is 2. The lowest BCUT2D eigenvalue weighted by Crippen LogP contribution is -2.31. The molecule has 1 aliphatic rings. The van der Waals surface area contributed by atoms with Gasteiger partial charge in [-0.05, 0) is 12.5 Å². The van der Waals surface area contributed by atoms with Crippen LogP contribution in [0.1, 0.15) is 6.42 Å². The molecule has 0 atom stereocenters. The molecule has 7 heteroatoms. The summed E-state index contributed by atoms with van der Waals surface area (Å²) in [4.78, 5) is 13.3. The fourth-order valence-electron chi connectivity index (χ4n) is 3.06. The molecule has 0 spiro atoms. The van der Waals surface area contributed by atoms with Crippen LogP contribution in [0.25, 0.3) is 10.9 Å². The average molecular weight is 327 g/mol. The normalized spacial score (nSPS) is 15.8. The summed E-state index contributed by atoms with van der Waals surface area (Å²) in [5, 5.41) is 9.84. The molecule has 1 saturated heterocycles. The highest BCUT2D eigenvalue weighted by Crippen LogP contribution is 2.34. The van der Waals surface area contributed by atoms with Crippen LogP contribution in [0, 0.1) is 11.3 Å². The van der Waals surface area contributed by atoms with Crippen molar-refractivity contribution in [3.05, 3.63) is 18.5 Å². The van der Waals surface area contributed by atoms with Gasteiger partial charge in [-0.2, -0.15) is 5.26 Å². The summed E-state index contributed by atoms with van der Waals surface area (Å²) in [5.74, 6) is 2.23. The van der Waals surface area contributed by atoms with Gasteiger partial charge in [-0.3, -0.25) is 4.90 Å². The predicted molar refractivity (Wildman–Crippen MR) is 91.5 cm³/mol. The Morgan fingerprint density at radius 3 is 2.62 bits per heavy atom. The molecule has 0 aliphatic carbocycles. The lowest BCUT2D eigenvalue weighted by Gasteiger charge is -2.23. The van der Waals surface area contributed by atoms with Gasteiger partial charge in [0, 0.05) is 37.6 Å². The number of rotatable bonds is 4. The lowest BCUT2D eigenvalue weighted by atomic mass is 10.2. The van der Waals surface area contributed by atoms with Gasteiger partial charge in [0.05, 0.1) is 32.4 Å². The van der Waals surface area contributed by atoms with Crippen molar-refractivity contribution >= 4 is 16.7 Å². The van der Waals surface area contributed by atoms with Crippen molar-refractivity contribution in [2.75, 3.05) is 51.8 Å². The van der Waals surface area contributed by atoms with Crippen molar-refractivity contribution in [3.8, 4) is 17.6 Å². The van der Waals surface area contributed by atoms with E-state index in [1.165, 1.54) is 0 Å². The summed E-state index contributed by atoms with van der Waals surface area (Å²) in [7, 11) is 3.24. The number of anilines is 1. The second kappa shape index (κ2) is 7.32. The predicted octanol–water partition coefficient (Wildman–Crippen LogP) is 1.68. The van der Waals surface area contributed by atoms with Crippen LogP contribution in [0.2, 0.25) is 0 Å². The summed E-state index contributed by atoms with van der Waals surface area (Å²) in [6.45, 7) is 4.00. The molecule has 2 heterocycles. The maximum Gasteiger partial charge on any atom is 0.162 e. The largest absolute Gasteiger partial charge is 0.493 e. The van der Waals surface area contributed by atoms with Crippen molar-refractivity contribution in [2.24, 2.45) is 0 Å². The number of nitriles is 1. The molecule has 0 radical (unpaired) electrons. The molecular weight excluding hydrogens is 306 g/mol. The average Bonchev–Trinajstić information content (AvgIpc) is 2.86. The first kappa shape index (κ1) is 16.3. The van der Waals surface area contributed by atoms with Crippen LogP contribution >= 0.6 is 0 Å². The van der Waals surface area contributed by atoms with Gasteiger partial charge in [-0.1, -0.05) is 0 Å². The van der Waals surface area contributed by atoms with Crippen molar-refractivity contribution in [3.63, 3.8) is 0 Å². The molecule has 0 bridgehead atoms. The second-order valence-corrected chi connectivity index (χ2v) is 5.70. The zero-order chi connectivity index (χ0) is 16.9. The SMILES string of the molecule is COc1cc2ncnc(N3CCCN(CC#N)CC3)c2cc1OC. The zero-order valence-corrected chi connectivity index (χ0v) is 14.0. The van der Waals surface area contributed by atoms with Gasteiger partial charge in [-0.15, -0.1) is 0 Å². The minimum atomic E-state index is 0.476. The van der Waals surface area contributed by atoms with Gasteiger partial charge < -0.3 is 14.4 Å². The van der Waals surface area contributed by atoms with Crippen LogP contribution in [0.3, 0.4) is 0 Å². The van der Waals surface area contributed by atoms with Gasteiger partial charge >= 0.3 is 0 Å². The minimum absolute atomic E-state index is 0.476. The summed E-state index contributed by atoms with van der Waals surface area (Å²) in [5.41, 5.74) is 0.829. The van der Waals surface area contributed by atoms with Crippen molar-refractivity contribution in [1.82, 2.24) is 14.9 Å². The standard InChI is InChI=1S/C17H21N5O2/c1-23-15-10-13-14(11-16(15)24-2)19-12-20-17(13)22-6-3-5-21(7-4-18)8-9-22/h10-12H,3,5-9H2,1-2H3. The molecule has 1 aromatic carbocycles. The molecule has 7 nitrogen and oxygen atoms in total. The van der Waals surface area contributed by atoms with E-state index in [9.17, 15) is 0 Å². The zero-order valence-electron chi connectivity index (χ0n) is 14.0. The summed E-state index contributed by atoms with van der Waals surface area (Å²) >= 11 is 0. The van der Waals surface area contributed by atoms with E-state index < -0.39 is 0 Å². The molecule has 0 saturated carbocycles. The van der Waals surface area contributed by atoms with Gasteiger partial charge in [0.1, 0.15) is 12.1 Å². The Kier molecular flexibility index (Phi) is 4.96. The Morgan fingerprint density at radius 2 is 1.88 bits per heavy atom. The number of hydrogen-bond donors (Lipinski definition) is 0. The third-order valence-electron chi connectivity index (χ3n) is 4.30. The smallest absolute Gasteiger partial charge is 0.162 e. The van der Waals surface area contributed by atoms with Crippen LogP contribution in [0.15, 0.2) is 18.5 Å². The maximum atomic E-state index is 8.89. The first-order valence-electron chi connectivity index (χ1n) is 7.97. The number of methoxy groups -OCH3 is 2. The van der Waals surface area contributed by atoms with Crippen LogP contribution < -0.4 is 14.4 Å². The Hall–Kier alpha value is -2.59. The molecule has 1 aromatic heterocycles. The number of benzene rings is 1. The van der Waals surface area contributed by atoms with E-state index in [-0.39, 0.29) is 0 Å². The third kappa shape index (κ3) is 3.19. The topological polar surface area (TPSA) is 74.5 Å². The van der Waals surface area contributed by atoms with E-state index >= 15 is 0 Å². The molecule has 1 fully saturated rings. The van der Waals surface area contributed by atoms with Crippen molar-refractivity contribution in [2.45, 2.75) is 6.42 Å². The maximum absolute atomic E-state index is 8.89. The van der Waals surface area contributed by atoms with E-state index in [0.29, 0.717) is 18.0 Å². The first-order chi connectivity index (χ1) is 11.8. The molecule has 2 aromatic rings. The second-order valence-electron chi connectivity index (χ2n) is 5.70. The van der Waals surface area contributed by atoms with Gasteiger partial charge in [0.15, 0.2) is 11.5 Å². The van der Waals surface area contributed by atoms with Crippen LogP contribution in [0.5, 0.6) is 11.5 Å². The van der Waals surface area contributed by atoms with E-state index in [1.54, 1.807) is 20.5 Å². The van der Waals surface area contributed by atoms with E-state index in [1.807, 2.05) is 12.1 Å². The van der Waals surface area contributed by atoms with E-state index in [2.05, 4.69) is 25.8 Å². The van der Waals surface area contributed by atoms with Crippen molar-refractivity contribution < 1.29 is 9.47 Å². The quantitative estimate of drug-likeness (QED) is 0.791. The first-order valence-corrected chi connectivity index (χ1v) is 7.97. The Labute approximate surface area is 141 Å². The van der Waals surface area contributed by atoms with E-state index in [0.717, 1.165) is 49.3 Å². The monoisotopic (exact) mass is 327 g/mol. The van der Waals surface area contributed by atoms with Gasteiger partial charge in [-0.25, -0.2) is 9.97 Å². The van der Waals surface area contributed by atoms with Crippen LogP contribution in [-0.4, -0.2) is 61.8 Å². The lowest BCUT2D eigenvalue weighted by molar-refractivity contribution is 0.329.